The molecule has 2 aliphatic rings. The number of fused-ring (bicyclic) bond motifs is 1. The Labute approximate surface area is 115 Å². The Morgan fingerprint density at radius 3 is 2.94 bits per heavy atom. The quantitative estimate of drug-likeness (QED) is 0.648. The van der Waals surface area contributed by atoms with Gasteiger partial charge in [-0.05, 0) is 41.1 Å². The molecular weight excluding hydrogens is 294 g/mol. The van der Waals surface area contributed by atoms with Crippen LogP contribution in [0.25, 0.3) is 0 Å². The zero-order chi connectivity index (χ0) is 12.5. The van der Waals surface area contributed by atoms with Crippen LogP contribution in [0.15, 0.2) is 10.8 Å². The Morgan fingerprint density at radius 2 is 2.11 bits per heavy atom. The number of nitrogen functional groups attached to an aromatic ring is 1. The van der Waals surface area contributed by atoms with Gasteiger partial charge in [0.1, 0.15) is 16.6 Å². The first-order valence-electron chi connectivity index (χ1n) is 6.55. The highest BCUT2D eigenvalue weighted by atomic mass is 79.9. The fraction of sp³-hybridized carbons (Fsp3) is 0.667. The summed E-state index contributed by atoms with van der Waals surface area (Å²) in [6.07, 6.45) is 8.23. The molecule has 0 amide bonds. The third-order valence-corrected chi connectivity index (χ3v) is 4.92. The molecule has 18 heavy (non-hydrogen) atoms. The first-order chi connectivity index (χ1) is 8.81. The molecule has 2 fully saturated rings. The van der Waals surface area contributed by atoms with Crippen molar-refractivity contribution in [2.45, 2.75) is 38.1 Å². The molecule has 1 aromatic heterocycles. The maximum absolute atomic E-state index is 5.46. The van der Waals surface area contributed by atoms with Crippen LogP contribution in [0.1, 0.15) is 32.1 Å². The van der Waals surface area contributed by atoms with E-state index in [1.807, 2.05) is 0 Å². The van der Waals surface area contributed by atoms with Gasteiger partial charge >= 0.3 is 0 Å². The van der Waals surface area contributed by atoms with Crippen molar-refractivity contribution in [3.8, 4) is 0 Å². The van der Waals surface area contributed by atoms with E-state index in [1.54, 1.807) is 6.33 Å². The molecule has 1 saturated heterocycles. The molecule has 0 bridgehead atoms. The highest BCUT2D eigenvalue weighted by molar-refractivity contribution is 9.10. The van der Waals surface area contributed by atoms with Crippen molar-refractivity contribution in [2.75, 3.05) is 16.9 Å². The van der Waals surface area contributed by atoms with Gasteiger partial charge in [-0.3, -0.25) is 0 Å². The molecule has 1 aliphatic heterocycles. The summed E-state index contributed by atoms with van der Waals surface area (Å²) in [6.45, 7) is 1.09. The van der Waals surface area contributed by atoms with E-state index in [9.17, 15) is 0 Å². The summed E-state index contributed by atoms with van der Waals surface area (Å²) in [6, 6.07) is 0.649. The van der Waals surface area contributed by atoms with Crippen LogP contribution in [0.5, 0.6) is 0 Å². The molecule has 98 valence electrons. The summed E-state index contributed by atoms with van der Waals surface area (Å²) in [5.41, 5.74) is 2.61. The SMILES string of the molecule is NNc1ncnc(N2CCC3CCCCC32)c1Br. The van der Waals surface area contributed by atoms with Gasteiger partial charge in [0, 0.05) is 12.6 Å². The van der Waals surface area contributed by atoms with Gasteiger partial charge in [-0.15, -0.1) is 0 Å². The number of halogens is 1. The molecule has 3 N–H and O–H groups in total. The van der Waals surface area contributed by atoms with Crippen LogP contribution < -0.4 is 16.2 Å². The van der Waals surface area contributed by atoms with E-state index in [0.29, 0.717) is 11.9 Å². The number of nitrogens with zero attached hydrogens (tertiary/aromatic N) is 3. The number of nitrogens with one attached hydrogen (secondary N) is 1. The van der Waals surface area contributed by atoms with Crippen molar-refractivity contribution < 1.29 is 0 Å². The minimum Gasteiger partial charge on any atom is -0.352 e. The first kappa shape index (κ1) is 12.2. The van der Waals surface area contributed by atoms with Crippen LogP contribution in [0.3, 0.4) is 0 Å². The zero-order valence-corrected chi connectivity index (χ0v) is 11.9. The van der Waals surface area contributed by atoms with Crippen LogP contribution in [0.4, 0.5) is 11.6 Å². The average Bonchev–Trinajstić information content (AvgIpc) is 2.83. The summed E-state index contributed by atoms with van der Waals surface area (Å²) in [5.74, 6) is 7.93. The Hall–Kier alpha value is -0.880. The number of aromatic nitrogens is 2. The lowest BCUT2D eigenvalue weighted by Crippen LogP contribution is -2.35. The summed E-state index contributed by atoms with van der Waals surface area (Å²) < 4.78 is 0.874. The molecule has 1 aliphatic carbocycles. The van der Waals surface area contributed by atoms with Gasteiger partial charge in [-0.1, -0.05) is 12.8 Å². The molecule has 3 rings (SSSR count). The standard InChI is InChI=1S/C12H18BrN5/c13-10-11(17-14)15-7-16-12(10)18-6-5-8-3-1-2-4-9(8)18/h7-9H,1-6,14H2,(H,15,16,17). The summed E-state index contributed by atoms with van der Waals surface area (Å²) >= 11 is 3.56. The molecule has 1 aromatic rings. The molecular formula is C12H18BrN5. The summed E-state index contributed by atoms with van der Waals surface area (Å²) in [4.78, 5) is 11.0. The van der Waals surface area contributed by atoms with E-state index >= 15 is 0 Å². The lowest BCUT2D eigenvalue weighted by molar-refractivity contribution is 0.341. The van der Waals surface area contributed by atoms with E-state index in [2.05, 4.69) is 36.2 Å². The van der Waals surface area contributed by atoms with Gasteiger partial charge in [-0.2, -0.15) is 0 Å². The number of hydrogen-bond acceptors (Lipinski definition) is 5. The molecule has 5 nitrogen and oxygen atoms in total. The van der Waals surface area contributed by atoms with Crippen molar-refractivity contribution in [1.82, 2.24) is 9.97 Å². The molecule has 0 spiro atoms. The third-order valence-electron chi connectivity index (χ3n) is 4.19. The van der Waals surface area contributed by atoms with Gasteiger partial charge in [0.15, 0.2) is 5.82 Å². The maximum atomic E-state index is 5.46. The van der Waals surface area contributed by atoms with Gasteiger partial charge in [0.2, 0.25) is 0 Å². The topological polar surface area (TPSA) is 67.1 Å². The van der Waals surface area contributed by atoms with Crippen LogP contribution in [0, 0.1) is 5.92 Å². The molecule has 2 atom stereocenters. The molecule has 6 heteroatoms. The Kier molecular flexibility index (Phi) is 3.39. The Balaban J connectivity index is 1.90. The molecule has 2 heterocycles. The van der Waals surface area contributed by atoms with E-state index in [1.165, 1.54) is 32.1 Å². The van der Waals surface area contributed by atoms with Crippen molar-refractivity contribution in [1.29, 1.82) is 0 Å². The fourth-order valence-electron chi connectivity index (χ4n) is 3.33. The number of nitrogens with two attached hydrogens (primary N) is 1. The van der Waals surface area contributed by atoms with Crippen LogP contribution in [0.2, 0.25) is 0 Å². The zero-order valence-electron chi connectivity index (χ0n) is 10.3. The second kappa shape index (κ2) is 5.01. The van der Waals surface area contributed by atoms with Crippen molar-refractivity contribution >= 4 is 27.6 Å². The Morgan fingerprint density at radius 1 is 1.28 bits per heavy atom. The number of hydrogen-bond donors (Lipinski definition) is 2. The highest BCUT2D eigenvalue weighted by Gasteiger charge is 2.37. The van der Waals surface area contributed by atoms with Gasteiger partial charge in [-0.25, -0.2) is 15.8 Å². The second-order valence-electron chi connectivity index (χ2n) is 5.10. The number of anilines is 2. The molecule has 2 unspecified atom stereocenters. The van der Waals surface area contributed by atoms with Gasteiger partial charge < -0.3 is 10.3 Å². The van der Waals surface area contributed by atoms with E-state index in [4.69, 9.17) is 5.84 Å². The normalized spacial score (nSPS) is 27.1. The highest BCUT2D eigenvalue weighted by Crippen LogP contribution is 2.41. The first-order valence-corrected chi connectivity index (χ1v) is 7.34. The van der Waals surface area contributed by atoms with Crippen molar-refractivity contribution in [2.24, 2.45) is 11.8 Å². The monoisotopic (exact) mass is 311 g/mol. The van der Waals surface area contributed by atoms with Gasteiger partial charge in [0.25, 0.3) is 0 Å². The third kappa shape index (κ3) is 1.97. The lowest BCUT2D eigenvalue weighted by Gasteiger charge is -2.32. The molecule has 0 aromatic carbocycles. The van der Waals surface area contributed by atoms with E-state index in [0.717, 1.165) is 22.8 Å². The second-order valence-corrected chi connectivity index (χ2v) is 5.89. The van der Waals surface area contributed by atoms with Gasteiger partial charge in [0.05, 0.1) is 0 Å². The largest absolute Gasteiger partial charge is 0.352 e. The number of rotatable bonds is 2. The van der Waals surface area contributed by atoms with Crippen LogP contribution in [-0.4, -0.2) is 22.6 Å². The Bertz CT molecular complexity index is 438. The lowest BCUT2D eigenvalue weighted by atomic mass is 9.85. The van der Waals surface area contributed by atoms with E-state index < -0.39 is 0 Å². The summed E-state index contributed by atoms with van der Waals surface area (Å²) in [7, 11) is 0. The maximum Gasteiger partial charge on any atom is 0.159 e. The van der Waals surface area contributed by atoms with Crippen molar-refractivity contribution in [3.05, 3.63) is 10.8 Å². The average molecular weight is 312 g/mol. The molecule has 1 saturated carbocycles. The minimum atomic E-state index is 0.649. The summed E-state index contributed by atoms with van der Waals surface area (Å²) in [5, 5.41) is 0. The smallest absolute Gasteiger partial charge is 0.159 e. The van der Waals surface area contributed by atoms with E-state index in [-0.39, 0.29) is 0 Å². The van der Waals surface area contributed by atoms with Crippen LogP contribution >= 0.6 is 15.9 Å². The molecule has 0 radical (unpaired) electrons. The minimum absolute atomic E-state index is 0.649. The predicted molar refractivity (Wildman–Crippen MR) is 75.3 cm³/mol. The fourth-order valence-corrected chi connectivity index (χ4v) is 3.88. The van der Waals surface area contributed by atoms with Crippen LogP contribution in [-0.2, 0) is 0 Å². The number of hydrazine groups is 1. The predicted octanol–water partition coefficient (Wildman–Crippen LogP) is 2.29. The van der Waals surface area contributed by atoms with Crippen molar-refractivity contribution in [3.63, 3.8) is 0 Å².